The zero-order valence-corrected chi connectivity index (χ0v) is 13.9. The Balaban J connectivity index is 2.14. The number of rotatable bonds is 5. The van der Waals surface area contributed by atoms with Gasteiger partial charge in [0.15, 0.2) is 0 Å². The quantitative estimate of drug-likeness (QED) is 0.877. The monoisotopic (exact) mass is 359 g/mol. The van der Waals surface area contributed by atoms with Gasteiger partial charge in [-0.05, 0) is 19.4 Å². The third-order valence-corrected chi connectivity index (χ3v) is 6.71. The third-order valence-electron chi connectivity index (χ3n) is 2.88. The first-order valence-corrected chi connectivity index (χ1v) is 9.16. The number of sulfonamides is 1. The summed E-state index contributed by atoms with van der Waals surface area (Å²) in [6.45, 7) is 3.25. The number of thiophene rings is 1. The van der Waals surface area contributed by atoms with E-state index in [1.807, 2.05) is 6.92 Å². The molecule has 20 heavy (non-hydrogen) atoms. The molecule has 0 aliphatic carbocycles. The van der Waals surface area contributed by atoms with Crippen molar-refractivity contribution in [2.24, 2.45) is 0 Å². The van der Waals surface area contributed by atoms with Crippen LogP contribution in [0.3, 0.4) is 0 Å². The second-order valence-electron chi connectivity index (χ2n) is 4.27. The Bertz CT molecular complexity index is 539. The van der Waals surface area contributed by atoms with Gasteiger partial charge in [0.2, 0.25) is 10.0 Å². The van der Waals surface area contributed by atoms with Crippen molar-refractivity contribution in [3.8, 4) is 0 Å². The molecule has 1 aromatic rings. The number of hydrogen-bond acceptors (Lipinski definition) is 5. The van der Waals surface area contributed by atoms with E-state index in [0.717, 1.165) is 11.3 Å². The Labute approximate surface area is 132 Å². The molecule has 1 fully saturated rings. The number of halogens is 2. The van der Waals surface area contributed by atoms with Gasteiger partial charge in [-0.15, -0.1) is 11.3 Å². The lowest BCUT2D eigenvalue weighted by Crippen LogP contribution is -2.49. The van der Waals surface area contributed by atoms with Crippen molar-refractivity contribution in [1.29, 1.82) is 0 Å². The van der Waals surface area contributed by atoms with Gasteiger partial charge in [-0.1, -0.05) is 23.2 Å². The average molecular weight is 360 g/mol. The predicted molar refractivity (Wildman–Crippen MR) is 79.3 cm³/mol. The fourth-order valence-corrected chi connectivity index (χ4v) is 5.14. The van der Waals surface area contributed by atoms with Gasteiger partial charge < -0.3 is 9.47 Å². The average Bonchev–Trinajstić information content (AvgIpc) is 2.73. The number of hydrogen-bond donors (Lipinski definition) is 1. The topological polar surface area (TPSA) is 64.6 Å². The summed E-state index contributed by atoms with van der Waals surface area (Å²) in [5.41, 5.74) is 0. The maximum absolute atomic E-state index is 12.3. The van der Waals surface area contributed by atoms with Gasteiger partial charge in [0.25, 0.3) is 0 Å². The highest BCUT2D eigenvalue weighted by Crippen LogP contribution is 2.34. The summed E-state index contributed by atoms with van der Waals surface area (Å²) in [6, 6.07) is 1.04. The van der Waals surface area contributed by atoms with Gasteiger partial charge in [-0.25, -0.2) is 13.1 Å². The lowest BCUT2D eigenvalue weighted by molar-refractivity contribution is -0.0605. The van der Waals surface area contributed by atoms with E-state index in [-0.39, 0.29) is 25.7 Å². The van der Waals surface area contributed by atoms with Crippen molar-refractivity contribution in [2.75, 3.05) is 19.8 Å². The Kier molecular flexibility index (Phi) is 5.70. The molecule has 114 valence electrons. The molecule has 0 spiro atoms. The molecule has 1 aromatic heterocycles. The van der Waals surface area contributed by atoms with Crippen LogP contribution in [0.15, 0.2) is 10.3 Å². The van der Waals surface area contributed by atoms with Crippen molar-refractivity contribution >= 4 is 44.6 Å². The van der Waals surface area contributed by atoms with Crippen LogP contribution in [-0.4, -0.2) is 40.4 Å². The molecule has 9 heteroatoms. The van der Waals surface area contributed by atoms with Gasteiger partial charge in [0.1, 0.15) is 8.55 Å². The van der Waals surface area contributed by atoms with Crippen LogP contribution in [0, 0.1) is 0 Å². The van der Waals surface area contributed by atoms with E-state index in [4.69, 9.17) is 32.7 Å². The van der Waals surface area contributed by atoms with Gasteiger partial charge >= 0.3 is 0 Å². The van der Waals surface area contributed by atoms with Crippen molar-refractivity contribution in [3.05, 3.63) is 15.4 Å². The van der Waals surface area contributed by atoms with Crippen LogP contribution < -0.4 is 4.72 Å². The van der Waals surface area contributed by atoms with Gasteiger partial charge in [-0.2, -0.15) is 0 Å². The lowest BCUT2D eigenvalue weighted by atomic mass is 10.1. The smallest absolute Gasteiger partial charge is 0.250 e. The molecule has 0 unspecified atom stereocenters. The maximum atomic E-state index is 12.3. The largest absolute Gasteiger partial charge is 0.379 e. The minimum atomic E-state index is -3.65. The molecule has 0 amide bonds. The van der Waals surface area contributed by atoms with E-state index in [0.29, 0.717) is 26.2 Å². The van der Waals surface area contributed by atoms with E-state index in [1.54, 1.807) is 0 Å². The van der Waals surface area contributed by atoms with Gasteiger partial charge in [0, 0.05) is 13.2 Å². The summed E-state index contributed by atoms with van der Waals surface area (Å²) in [7, 11) is -3.65. The first-order valence-electron chi connectivity index (χ1n) is 6.10. The highest BCUT2D eigenvalue weighted by Gasteiger charge is 2.31. The summed E-state index contributed by atoms with van der Waals surface area (Å²) < 4.78 is 38.4. The summed E-state index contributed by atoms with van der Waals surface area (Å²) >= 11 is 12.5. The first-order chi connectivity index (χ1) is 9.44. The van der Waals surface area contributed by atoms with E-state index in [9.17, 15) is 8.42 Å². The molecule has 1 aliphatic rings. The fraction of sp³-hybridized carbons (Fsp3) is 0.636. The van der Waals surface area contributed by atoms with Crippen LogP contribution in [0.5, 0.6) is 0 Å². The predicted octanol–water partition coefficient (Wildman–Crippen LogP) is 2.53. The Morgan fingerprint density at radius 3 is 2.90 bits per heavy atom. The molecule has 0 aromatic carbocycles. The molecular weight excluding hydrogens is 345 g/mol. The zero-order valence-electron chi connectivity index (χ0n) is 10.8. The molecule has 1 aliphatic heterocycles. The number of ether oxygens (including phenoxy) is 2. The Hall–Kier alpha value is 0.110. The van der Waals surface area contributed by atoms with Gasteiger partial charge in [0.05, 0.1) is 23.8 Å². The van der Waals surface area contributed by atoms with Crippen molar-refractivity contribution in [1.82, 2.24) is 4.72 Å². The normalized spacial score (nSPS) is 23.9. The molecule has 2 atom stereocenters. The maximum Gasteiger partial charge on any atom is 0.250 e. The highest BCUT2D eigenvalue weighted by molar-refractivity contribution is 7.91. The zero-order chi connectivity index (χ0) is 14.8. The lowest BCUT2D eigenvalue weighted by Gasteiger charge is -2.31. The molecular formula is C11H15Cl2NO4S2. The van der Waals surface area contributed by atoms with Crippen molar-refractivity contribution in [2.45, 2.75) is 29.7 Å². The molecule has 0 saturated carbocycles. The minimum Gasteiger partial charge on any atom is -0.379 e. The molecule has 1 N–H and O–H groups in total. The Morgan fingerprint density at radius 2 is 2.30 bits per heavy atom. The third kappa shape index (κ3) is 3.85. The summed E-state index contributed by atoms with van der Waals surface area (Å²) in [5.74, 6) is 0. The molecule has 0 radical (unpaired) electrons. The molecule has 2 rings (SSSR count). The van der Waals surface area contributed by atoms with Crippen molar-refractivity contribution < 1.29 is 17.9 Å². The van der Waals surface area contributed by atoms with E-state index >= 15 is 0 Å². The van der Waals surface area contributed by atoms with Crippen LogP contribution in [0.25, 0.3) is 0 Å². The molecule has 1 saturated heterocycles. The van der Waals surface area contributed by atoms with Crippen LogP contribution in [-0.2, 0) is 19.5 Å². The van der Waals surface area contributed by atoms with Crippen LogP contribution in [0.2, 0.25) is 9.36 Å². The molecule has 0 bridgehead atoms. The Morgan fingerprint density at radius 1 is 1.55 bits per heavy atom. The summed E-state index contributed by atoms with van der Waals surface area (Å²) in [4.78, 5) is 0. The van der Waals surface area contributed by atoms with Crippen LogP contribution >= 0.6 is 34.5 Å². The van der Waals surface area contributed by atoms with Crippen LogP contribution in [0.4, 0.5) is 0 Å². The summed E-state index contributed by atoms with van der Waals surface area (Å²) in [6.07, 6.45) is 0.283. The standard InChI is InChI=1S/C11H15Cl2NO4S2/c1-2-18-9-6-17-4-3-8(9)14-20(15,16)10-5-7(12)11(13)19-10/h5,8-9,14H,2-4,6H2,1H3/t8-,9-/m1/s1. The van der Waals surface area contributed by atoms with Crippen LogP contribution in [0.1, 0.15) is 13.3 Å². The van der Waals surface area contributed by atoms with Crippen molar-refractivity contribution in [3.63, 3.8) is 0 Å². The molecule has 5 nitrogen and oxygen atoms in total. The molecule has 2 heterocycles. The second-order valence-corrected chi connectivity index (χ2v) is 8.27. The SMILES string of the molecule is CCO[C@@H]1COCC[C@H]1NS(=O)(=O)c1cc(Cl)c(Cl)s1. The number of nitrogens with one attached hydrogen (secondary N) is 1. The van der Waals surface area contributed by atoms with E-state index in [1.165, 1.54) is 6.07 Å². The van der Waals surface area contributed by atoms with E-state index in [2.05, 4.69) is 4.72 Å². The first kappa shape index (κ1) is 16.5. The minimum absolute atomic E-state index is 0.106. The highest BCUT2D eigenvalue weighted by atomic mass is 35.5. The second kappa shape index (κ2) is 6.91. The summed E-state index contributed by atoms with van der Waals surface area (Å²) in [5, 5.41) is 0.241. The fourth-order valence-electron chi connectivity index (χ4n) is 1.94. The van der Waals surface area contributed by atoms with E-state index < -0.39 is 10.0 Å². The van der Waals surface area contributed by atoms with Gasteiger partial charge in [-0.3, -0.25) is 0 Å².